The molecule has 206 valence electrons. The molecule has 0 bridgehead atoms. The Morgan fingerprint density at radius 3 is 2.29 bits per heavy atom. The first-order valence-corrected chi connectivity index (χ1v) is 11.2. The van der Waals surface area contributed by atoms with Crippen molar-refractivity contribution < 1.29 is 47.6 Å². The van der Waals surface area contributed by atoms with Gasteiger partial charge in [-0.3, -0.25) is 10.0 Å². The standard InChI is InChI=1S/C25H23F6N3O4.H2/c1-32-22-21(23(36)34(37)10-3-11-35)19(12-15-6-8-16(9-7-15)24(26,27)28)20(14-33-22)38-18-5-2-4-17(13-18)25(29,30)31;/h2,4-9,13-14,35,37H,3,10-12H2,1H3,(H,32,33);1H. The second-order valence-corrected chi connectivity index (χ2v) is 8.08. The number of alkyl halides is 6. The Hall–Kier alpha value is -3.84. The average molecular weight is 545 g/mol. The number of hydrogen-bond donors (Lipinski definition) is 3. The summed E-state index contributed by atoms with van der Waals surface area (Å²) in [5.41, 5.74) is -1.73. The number of benzene rings is 2. The van der Waals surface area contributed by atoms with Gasteiger partial charge in [-0.2, -0.15) is 26.3 Å². The predicted molar refractivity (Wildman–Crippen MR) is 126 cm³/mol. The normalized spacial score (nSPS) is 11.8. The van der Waals surface area contributed by atoms with Crippen LogP contribution in [0.25, 0.3) is 0 Å². The molecule has 0 aliphatic carbocycles. The van der Waals surface area contributed by atoms with Gasteiger partial charge in [0.05, 0.1) is 29.4 Å². The SMILES string of the molecule is CNc1ncc(Oc2cccc(C(F)(F)F)c2)c(Cc2ccc(C(F)(F)F)cc2)c1C(=O)N(O)CCCO.[HH]. The molecule has 2 aromatic carbocycles. The van der Waals surface area contributed by atoms with Gasteiger partial charge in [-0.25, -0.2) is 10.0 Å². The van der Waals surface area contributed by atoms with E-state index in [4.69, 9.17) is 9.84 Å². The highest BCUT2D eigenvalue weighted by Gasteiger charge is 2.32. The zero-order valence-corrected chi connectivity index (χ0v) is 19.9. The van der Waals surface area contributed by atoms with Crippen molar-refractivity contribution in [2.45, 2.75) is 25.2 Å². The van der Waals surface area contributed by atoms with Crippen molar-refractivity contribution in [3.05, 3.63) is 82.5 Å². The van der Waals surface area contributed by atoms with Gasteiger partial charge in [0.1, 0.15) is 17.3 Å². The van der Waals surface area contributed by atoms with Crippen LogP contribution in [0.2, 0.25) is 0 Å². The molecule has 0 saturated carbocycles. The molecule has 38 heavy (non-hydrogen) atoms. The highest BCUT2D eigenvalue weighted by molar-refractivity contribution is 6.00. The maximum Gasteiger partial charge on any atom is 0.416 e. The van der Waals surface area contributed by atoms with Crippen LogP contribution in [0.4, 0.5) is 32.2 Å². The summed E-state index contributed by atoms with van der Waals surface area (Å²) in [4.78, 5) is 17.3. The Bertz CT molecular complexity index is 1270. The molecule has 0 radical (unpaired) electrons. The van der Waals surface area contributed by atoms with Crippen molar-refractivity contribution in [2.24, 2.45) is 0 Å². The first-order valence-electron chi connectivity index (χ1n) is 11.2. The fourth-order valence-corrected chi connectivity index (χ4v) is 3.54. The molecule has 1 heterocycles. The van der Waals surface area contributed by atoms with Crippen molar-refractivity contribution in [1.82, 2.24) is 10.0 Å². The fraction of sp³-hybridized carbons (Fsp3) is 0.280. The largest absolute Gasteiger partial charge is 0.455 e. The zero-order chi connectivity index (χ0) is 28.1. The van der Waals surface area contributed by atoms with Gasteiger partial charge in [0.15, 0.2) is 0 Å². The van der Waals surface area contributed by atoms with Crippen LogP contribution in [-0.2, 0) is 18.8 Å². The number of rotatable bonds is 9. The number of nitrogens with zero attached hydrogens (tertiary/aromatic N) is 2. The monoisotopic (exact) mass is 545 g/mol. The molecule has 1 aromatic heterocycles. The number of anilines is 1. The van der Waals surface area contributed by atoms with Gasteiger partial charge < -0.3 is 15.2 Å². The quantitative estimate of drug-likeness (QED) is 0.173. The van der Waals surface area contributed by atoms with Crippen LogP contribution >= 0.6 is 0 Å². The zero-order valence-electron chi connectivity index (χ0n) is 19.9. The van der Waals surface area contributed by atoms with E-state index in [1.807, 2.05) is 0 Å². The Morgan fingerprint density at radius 1 is 1.05 bits per heavy atom. The van der Waals surface area contributed by atoms with Crippen LogP contribution in [0.3, 0.4) is 0 Å². The molecule has 0 spiro atoms. The number of aliphatic hydroxyl groups is 1. The fourth-order valence-electron chi connectivity index (χ4n) is 3.54. The summed E-state index contributed by atoms with van der Waals surface area (Å²) in [6, 6.07) is 8.05. The molecule has 13 heteroatoms. The molecule has 0 unspecified atom stereocenters. The lowest BCUT2D eigenvalue weighted by Gasteiger charge is -2.21. The Balaban J connectivity index is 0.00000533. The van der Waals surface area contributed by atoms with Crippen LogP contribution < -0.4 is 10.1 Å². The maximum atomic E-state index is 13.2. The second-order valence-electron chi connectivity index (χ2n) is 8.08. The highest BCUT2D eigenvalue weighted by Crippen LogP contribution is 2.37. The van der Waals surface area contributed by atoms with Crippen molar-refractivity contribution in [3.63, 3.8) is 0 Å². The predicted octanol–water partition coefficient (Wildman–Crippen LogP) is 6.00. The topological polar surface area (TPSA) is 94.9 Å². The van der Waals surface area contributed by atoms with Gasteiger partial charge in [-0.05, 0) is 42.3 Å². The Labute approximate surface area is 214 Å². The average Bonchev–Trinajstić information content (AvgIpc) is 2.87. The van der Waals surface area contributed by atoms with Gasteiger partial charge in [-0.15, -0.1) is 0 Å². The molecular weight excluding hydrogens is 520 g/mol. The number of carbonyl (C=O) groups is 1. The van der Waals surface area contributed by atoms with E-state index in [0.29, 0.717) is 10.6 Å². The van der Waals surface area contributed by atoms with E-state index in [9.17, 15) is 36.3 Å². The number of aliphatic hydroxyl groups excluding tert-OH is 1. The highest BCUT2D eigenvalue weighted by atomic mass is 19.4. The second kappa shape index (κ2) is 11.7. The number of hydrogen-bond acceptors (Lipinski definition) is 6. The van der Waals surface area contributed by atoms with Crippen molar-refractivity contribution in [1.29, 1.82) is 0 Å². The van der Waals surface area contributed by atoms with E-state index in [-0.39, 0.29) is 55.9 Å². The third kappa shape index (κ3) is 6.92. The number of hydroxylamine groups is 2. The van der Waals surface area contributed by atoms with Crippen LogP contribution in [0, 0.1) is 0 Å². The molecule has 0 aliphatic rings. The summed E-state index contributed by atoms with van der Waals surface area (Å²) in [5, 5.41) is 22.3. The number of halogens is 6. The molecule has 7 nitrogen and oxygen atoms in total. The lowest BCUT2D eigenvalue weighted by atomic mass is 9.98. The number of aromatic nitrogens is 1. The maximum absolute atomic E-state index is 13.2. The van der Waals surface area contributed by atoms with E-state index in [1.165, 1.54) is 25.2 Å². The molecular formula is C25H25F6N3O4. The minimum Gasteiger partial charge on any atom is -0.455 e. The van der Waals surface area contributed by atoms with Crippen LogP contribution in [0.5, 0.6) is 11.5 Å². The molecule has 0 atom stereocenters. The van der Waals surface area contributed by atoms with E-state index in [0.717, 1.165) is 36.5 Å². The van der Waals surface area contributed by atoms with E-state index < -0.39 is 29.4 Å². The number of amides is 1. The summed E-state index contributed by atoms with van der Waals surface area (Å²) in [6.45, 7) is -0.574. The summed E-state index contributed by atoms with van der Waals surface area (Å²) in [7, 11) is 1.43. The van der Waals surface area contributed by atoms with Crippen LogP contribution in [0.1, 0.15) is 40.5 Å². The molecule has 0 saturated heterocycles. The molecule has 0 aliphatic heterocycles. The van der Waals surface area contributed by atoms with Gasteiger partial charge in [-0.1, -0.05) is 18.2 Å². The van der Waals surface area contributed by atoms with Crippen molar-refractivity contribution >= 4 is 11.7 Å². The number of pyridine rings is 1. The van der Waals surface area contributed by atoms with Crippen molar-refractivity contribution in [3.8, 4) is 11.5 Å². The van der Waals surface area contributed by atoms with E-state index in [1.54, 1.807) is 0 Å². The summed E-state index contributed by atoms with van der Waals surface area (Å²) < 4.78 is 84.3. The first kappa shape index (κ1) is 28.7. The van der Waals surface area contributed by atoms with Crippen LogP contribution in [-0.4, -0.2) is 46.5 Å². The molecule has 1 amide bonds. The number of carbonyl (C=O) groups excluding carboxylic acids is 1. The summed E-state index contributed by atoms with van der Waals surface area (Å²) in [6.07, 6.45) is -8.23. The Morgan fingerprint density at radius 2 is 1.71 bits per heavy atom. The Kier molecular flexibility index (Phi) is 8.84. The van der Waals surface area contributed by atoms with E-state index in [2.05, 4.69) is 10.3 Å². The van der Waals surface area contributed by atoms with E-state index >= 15 is 0 Å². The lowest BCUT2D eigenvalue weighted by Crippen LogP contribution is -2.31. The molecule has 3 N–H and O–H groups in total. The van der Waals surface area contributed by atoms with Gasteiger partial charge in [0, 0.05) is 27.1 Å². The minimum atomic E-state index is -4.65. The smallest absolute Gasteiger partial charge is 0.416 e. The lowest BCUT2D eigenvalue weighted by molar-refractivity contribution is -0.138. The van der Waals surface area contributed by atoms with Gasteiger partial charge >= 0.3 is 12.4 Å². The van der Waals surface area contributed by atoms with Crippen molar-refractivity contribution in [2.75, 3.05) is 25.5 Å². The van der Waals surface area contributed by atoms with Gasteiger partial charge in [0.25, 0.3) is 5.91 Å². The number of ether oxygens (including phenoxy) is 1. The molecule has 3 aromatic rings. The summed E-state index contributed by atoms with van der Waals surface area (Å²) in [5.74, 6) is -1.36. The summed E-state index contributed by atoms with van der Waals surface area (Å²) >= 11 is 0. The minimum absolute atomic E-state index is 0. The van der Waals surface area contributed by atoms with Crippen LogP contribution in [0.15, 0.2) is 54.7 Å². The van der Waals surface area contributed by atoms with Gasteiger partial charge in [0.2, 0.25) is 0 Å². The molecule has 0 fully saturated rings. The number of nitrogens with one attached hydrogen (secondary N) is 1. The first-order chi connectivity index (χ1) is 17.8. The third-order valence-electron chi connectivity index (χ3n) is 5.41. The molecule has 3 rings (SSSR count). The third-order valence-corrected chi connectivity index (χ3v) is 5.41.